The molecule has 0 bridgehead atoms. The molecule has 1 aromatic carbocycles. The second-order valence-electron chi connectivity index (χ2n) is 4.24. The van der Waals surface area contributed by atoms with Gasteiger partial charge in [-0.05, 0) is 18.6 Å². The largest absolute Gasteiger partial charge is 0.325 e. The molecule has 5 heteroatoms. The standard InChI is InChI=1S/C14H20N2O2.ClH/c1-3-6-12(15)14(18)16-11-8-5-7-10(9-11)13(17)4-2;/h5,7-9,12H,3-4,6,15H2,1-2H3,(H,16,18);1H. The van der Waals surface area contributed by atoms with Crippen LogP contribution in [0.1, 0.15) is 43.5 Å². The van der Waals surface area contributed by atoms with Crippen molar-refractivity contribution in [3.05, 3.63) is 29.8 Å². The van der Waals surface area contributed by atoms with Crippen LogP contribution in [0.4, 0.5) is 5.69 Å². The Hall–Kier alpha value is -1.39. The van der Waals surface area contributed by atoms with Crippen molar-refractivity contribution in [2.45, 2.75) is 39.2 Å². The number of hydrogen-bond acceptors (Lipinski definition) is 3. The molecule has 0 aliphatic carbocycles. The highest BCUT2D eigenvalue weighted by Crippen LogP contribution is 2.13. The van der Waals surface area contributed by atoms with Crippen molar-refractivity contribution in [1.82, 2.24) is 0 Å². The zero-order valence-electron chi connectivity index (χ0n) is 11.3. The predicted octanol–water partition coefficient (Wildman–Crippen LogP) is 2.77. The van der Waals surface area contributed by atoms with Crippen LogP contribution in [0.5, 0.6) is 0 Å². The molecule has 0 aliphatic heterocycles. The zero-order valence-corrected chi connectivity index (χ0v) is 12.1. The van der Waals surface area contributed by atoms with E-state index in [9.17, 15) is 9.59 Å². The number of carbonyl (C=O) groups excluding carboxylic acids is 2. The molecule has 1 aromatic rings. The van der Waals surface area contributed by atoms with Crippen molar-refractivity contribution in [2.75, 3.05) is 5.32 Å². The summed E-state index contributed by atoms with van der Waals surface area (Å²) in [6.07, 6.45) is 1.97. The maximum atomic E-state index is 11.7. The molecule has 0 heterocycles. The molecule has 1 rings (SSSR count). The summed E-state index contributed by atoms with van der Waals surface area (Å²) in [6.45, 7) is 3.79. The van der Waals surface area contributed by atoms with Crippen LogP contribution in [0, 0.1) is 0 Å². The second-order valence-corrected chi connectivity index (χ2v) is 4.24. The van der Waals surface area contributed by atoms with Crippen molar-refractivity contribution in [2.24, 2.45) is 5.73 Å². The molecular formula is C14H21ClN2O2. The molecule has 0 aromatic heterocycles. The minimum absolute atomic E-state index is 0. The molecule has 0 saturated carbocycles. The molecule has 0 radical (unpaired) electrons. The van der Waals surface area contributed by atoms with Gasteiger partial charge in [0.05, 0.1) is 6.04 Å². The predicted molar refractivity (Wildman–Crippen MR) is 79.8 cm³/mol. The van der Waals surface area contributed by atoms with E-state index in [2.05, 4.69) is 5.32 Å². The Bertz CT molecular complexity index is 435. The number of halogens is 1. The van der Waals surface area contributed by atoms with Crippen molar-refractivity contribution >= 4 is 29.8 Å². The average molecular weight is 285 g/mol. The van der Waals surface area contributed by atoms with E-state index in [-0.39, 0.29) is 24.1 Å². The Morgan fingerprint density at radius 3 is 2.58 bits per heavy atom. The molecule has 19 heavy (non-hydrogen) atoms. The molecule has 0 spiro atoms. The first-order valence-corrected chi connectivity index (χ1v) is 6.28. The Morgan fingerprint density at radius 2 is 2.00 bits per heavy atom. The molecule has 1 atom stereocenters. The summed E-state index contributed by atoms with van der Waals surface area (Å²) >= 11 is 0. The van der Waals surface area contributed by atoms with E-state index in [4.69, 9.17) is 5.73 Å². The van der Waals surface area contributed by atoms with Crippen LogP contribution in [-0.2, 0) is 4.79 Å². The Kier molecular flexibility index (Phi) is 8.03. The number of nitrogens with two attached hydrogens (primary N) is 1. The van der Waals surface area contributed by atoms with Gasteiger partial charge >= 0.3 is 0 Å². The van der Waals surface area contributed by atoms with Gasteiger partial charge in [0, 0.05) is 17.7 Å². The van der Waals surface area contributed by atoms with Gasteiger partial charge < -0.3 is 11.1 Å². The van der Waals surface area contributed by atoms with Crippen LogP contribution in [0.25, 0.3) is 0 Å². The molecule has 0 aliphatic rings. The third-order valence-electron chi connectivity index (χ3n) is 2.71. The third-order valence-corrected chi connectivity index (χ3v) is 2.71. The first kappa shape index (κ1) is 17.6. The fourth-order valence-corrected chi connectivity index (χ4v) is 1.65. The number of carbonyl (C=O) groups is 2. The highest BCUT2D eigenvalue weighted by atomic mass is 35.5. The van der Waals surface area contributed by atoms with Crippen LogP contribution in [0.15, 0.2) is 24.3 Å². The fraction of sp³-hybridized carbons (Fsp3) is 0.429. The van der Waals surface area contributed by atoms with E-state index in [1.807, 2.05) is 13.8 Å². The molecule has 4 nitrogen and oxygen atoms in total. The van der Waals surface area contributed by atoms with Gasteiger partial charge in [-0.3, -0.25) is 9.59 Å². The van der Waals surface area contributed by atoms with E-state index < -0.39 is 6.04 Å². The van der Waals surface area contributed by atoms with E-state index in [0.717, 1.165) is 6.42 Å². The lowest BCUT2D eigenvalue weighted by Crippen LogP contribution is -2.35. The maximum absolute atomic E-state index is 11.7. The number of rotatable bonds is 6. The quantitative estimate of drug-likeness (QED) is 0.789. The molecular weight excluding hydrogens is 264 g/mol. The Labute approximate surface area is 120 Å². The fourth-order valence-electron chi connectivity index (χ4n) is 1.65. The second kappa shape index (κ2) is 8.67. The first-order valence-electron chi connectivity index (χ1n) is 6.28. The highest BCUT2D eigenvalue weighted by molar-refractivity contribution is 5.99. The summed E-state index contributed by atoms with van der Waals surface area (Å²) < 4.78 is 0. The number of ketones is 1. The van der Waals surface area contributed by atoms with E-state index in [1.54, 1.807) is 24.3 Å². The summed E-state index contributed by atoms with van der Waals surface area (Å²) in [6, 6.07) is 6.43. The Morgan fingerprint density at radius 1 is 1.32 bits per heavy atom. The maximum Gasteiger partial charge on any atom is 0.241 e. The SMILES string of the molecule is CCCC(N)C(=O)Nc1cccc(C(=O)CC)c1.Cl. The monoisotopic (exact) mass is 284 g/mol. The number of benzene rings is 1. The minimum Gasteiger partial charge on any atom is -0.325 e. The number of amides is 1. The van der Waals surface area contributed by atoms with Crippen LogP contribution in [-0.4, -0.2) is 17.7 Å². The summed E-state index contributed by atoms with van der Waals surface area (Å²) in [5.74, 6) is -0.151. The average Bonchev–Trinajstić information content (AvgIpc) is 2.38. The van der Waals surface area contributed by atoms with Gasteiger partial charge in [-0.25, -0.2) is 0 Å². The van der Waals surface area contributed by atoms with Crippen molar-refractivity contribution in [3.8, 4) is 0 Å². The van der Waals surface area contributed by atoms with Gasteiger partial charge in [0.1, 0.15) is 0 Å². The van der Waals surface area contributed by atoms with Gasteiger partial charge in [0.15, 0.2) is 5.78 Å². The normalized spacial score (nSPS) is 11.3. The van der Waals surface area contributed by atoms with Crippen LogP contribution in [0.2, 0.25) is 0 Å². The van der Waals surface area contributed by atoms with Gasteiger partial charge in [0.2, 0.25) is 5.91 Å². The number of Topliss-reactive ketones (excluding diaryl/α,β-unsaturated/α-hetero) is 1. The molecule has 106 valence electrons. The molecule has 0 saturated heterocycles. The van der Waals surface area contributed by atoms with E-state index in [0.29, 0.717) is 24.1 Å². The molecule has 0 fully saturated rings. The Balaban J connectivity index is 0.00000324. The number of hydrogen-bond donors (Lipinski definition) is 2. The van der Waals surface area contributed by atoms with Crippen LogP contribution >= 0.6 is 12.4 Å². The highest BCUT2D eigenvalue weighted by Gasteiger charge is 2.12. The van der Waals surface area contributed by atoms with Crippen LogP contribution in [0.3, 0.4) is 0 Å². The smallest absolute Gasteiger partial charge is 0.241 e. The summed E-state index contributed by atoms with van der Waals surface area (Å²) in [7, 11) is 0. The van der Waals surface area contributed by atoms with Crippen LogP contribution < -0.4 is 11.1 Å². The lowest BCUT2D eigenvalue weighted by Gasteiger charge is -2.11. The van der Waals surface area contributed by atoms with Gasteiger partial charge in [0.25, 0.3) is 0 Å². The third kappa shape index (κ3) is 5.41. The van der Waals surface area contributed by atoms with E-state index >= 15 is 0 Å². The van der Waals surface area contributed by atoms with Gasteiger partial charge in [-0.15, -0.1) is 12.4 Å². The van der Waals surface area contributed by atoms with Gasteiger partial charge in [-0.1, -0.05) is 32.4 Å². The van der Waals surface area contributed by atoms with Crippen molar-refractivity contribution < 1.29 is 9.59 Å². The lowest BCUT2D eigenvalue weighted by molar-refractivity contribution is -0.117. The minimum atomic E-state index is -0.500. The number of anilines is 1. The topological polar surface area (TPSA) is 72.2 Å². The number of nitrogens with one attached hydrogen (secondary N) is 1. The molecule has 3 N–H and O–H groups in total. The van der Waals surface area contributed by atoms with E-state index in [1.165, 1.54) is 0 Å². The molecule has 1 amide bonds. The lowest BCUT2D eigenvalue weighted by atomic mass is 10.1. The summed E-state index contributed by atoms with van der Waals surface area (Å²) in [5, 5.41) is 2.73. The van der Waals surface area contributed by atoms with Crippen molar-refractivity contribution in [1.29, 1.82) is 0 Å². The summed E-state index contributed by atoms with van der Waals surface area (Å²) in [5.41, 5.74) is 6.95. The summed E-state index contributed by atoms with van der Waals surface area (Å²) in [4.78, 5) is 23.3. The first-order chi connectivity index (χ1) is 8.58. The zero-order chi connectivity index (χ0) is 13.5. The van der Waals surface area contributed by atoms with Crippen molar-refractivity contribution in [3.63, 3.8) is 0 Å². The molecule has 1 unspecified atom stereocenters. The van der Waals surface area contributed by atoms with Gasteiger partial charge in [-0.2, -0.15) is 0 Å².